The van der Waals surface area contributed by atoms with Crippen LogP contribution in [0.3, 0.4) is 0 Å². The van der Waals surface area contributed by atoms with Crippen molar-refractivity contribution in [3.63, 3.8) is 0 Å². The molecule has 0 amide bonds. The van der Waals surface area contributed by atoms with Crippen LogP contribution in [-0.4, -0.2) is 29.4 Å². The molecule has 0 aliphatic carbocycles. The smallest absolute Gasteiger partial charge is 0.189 e. The quantitative estimate of drug-likeness (QED) is 0.765. The van der Waals surface area contributed by atoms with Gasteiger partial charge in [-0.15, -0.1) is 11.8 Å². The van der Waals surface area contributed by atoms with E-state index in [0.29, 0.717) is 39.6 Å². The highest BCUT2D eigenvalue weighted by molar-refractivity contribution is 7.99. The van der Waals surface area contributed by atoms with Crippen LogP contribution in [0.15, 0.2) is 18.2 Å². The number of hydrogen-bond donors (Lipinski definition) is 1. The maximum Gasteiger partial charge on any atom is 0.189 e. The summed E-state index contributed by atoms with van der Waals surface area (Å²) in [5, 5.41) is 0. The molecular weight excluding hydrogens is 329 g/mol. The van der Waals surface area contributed by atoms with Crippen LogP contribution in [-0.2, 0) is 5.75 Å². The summed E-state index contributed by atoms with van der Waals surface area (Å²) in [6, 6.07) is 4.32. The number of ether oxygens (including phenoxy) is 1. The Balaban J connectivity index is 2.06. The Bertz CT molecular complexity index is 783. The minimum absolute atomic E-state index is 0.0579. The lowest BCUT2D eigenvalue weighted by molar-refractivity contribution is 0.101. The summed E-state index contributed by atoms with van der Waals surface area (Å²) < 4.78 is 18.5. The zero-order valence-corrected chi connectivity index (χ0v) is 15.0. The molecule has 6 heteroatoms. The number of thioether (sulfide) groups is 1. The fraction of sp³-hybridized carbons (Fsp3) is 0.333. The predicted octanol–water partition coefficient (Wildman–Crippen LogP) is 4.10. The number of aromatic amines is 1. The zero-order valence-electron chi connectivity index (χ0n) is 14.2. The first-order chi connectivity index (χ1) is 11.3. The molecule has 0 bridgehead atoms. The first kappa shape index (κ1) is 18.3. The summed E-state index contributed by atoms with van der Waals surface area (Å²) in [7, 11) is 1.53. The zero-order chi connectivity index (χ0) is 17.9. The van der Waals surface area contributed by atoms with Crippen molar-refractivity contribution in [2.24, 2.45) is 0 Å². The summed E-state index contributed by atoms with van der Waals surface area (Å²) in [6.45, 7) is 5.04. The van der Waals surface area contributed by atoms with Crippen molar-refractivity contribution in [1.82, 2.24) is 4.98 Å². The highest BCUT2D eigenvalue weighted by Gasteiger charge is 2.19. The van der Waals surface area contributed by atoms with Crippen molar-refractivity contribution in [3.8, 4) is 5.75 Å². The molecule has 0 fully saturated rings. The number of aryl methyl sites for hydroxylation is 1. The Morgan fingerprint density at radius 1 is 1.29 bits per heavy atom. The summed E-state index contributed by atoms with van der Waals surface area (Å²) in [5.74, 6) is 0.825. The van der Waals surface area contributed by atoms with Crippen LogP contribution in [0.5, 0.6) is 5.75 Å². The summed E-state index contributed by atoms with van der Waals surface area (Å²) in [5.41, 5.74) is 3.15. The average molecular weight is 349 g/mol. The van der Waals surface area contributed by atoms with E-state index in [4.69, 9.17) is 4.74 Å². The fourth-order valence-corrected chi connectivity index (χ4v) is 3.62. The summed E-state index contributed by atoms with van der Waals surface area (Å²) in [4.78, 5) is 27.0. The monoisotopic (exact) mass is 349 g/mol. The number of methoxy groups -OCH3 is 1. The van der Waals surface area contributed by atoms with Gasteiger partial charge < -0.3 is 9.72 Å². The number of benzene rings is 1. The standard InChI is InChI=1S/C18H20FNO3S/c1-10-17(12(3)21)11(2)20-18(10)15(22)9-24-8-13-7-14(19)5-6-16(13)23-4/h5-7,20H,8-9H2,1-4H3. The lowest BCUT2D eigenvalue weighted by Crippen LogP contribution is -2.06. The van der Waals surface area contributed by atoms with E-state index in [2.05, 4.69) is 4.98 Å². The van der Waals surface area contributed by atoms with Gasteiger partial charge in [-0.1, -0.05) is 0 Å². The van der Waals surface area contributed by atoms with Crippen LogP contribution in [0.1, 0.15) is 44.6 Å². The molecule has 0 saturated carbocycles. The first-order valence-corrected chi connectivity index (χ1v) is 8.64. The summed E-state index contributed by atoms with van der Waals surface area (Å²) >= 11 is 1.38. The second-order valence-electron chi connectivity index (χ2n) is 5.55. The van der Waals surface area contributed by atoms with Crippen LogP contribution in [0.25, 0.3) is 0 Å². The Morgan fingerprint density at radius 3 is 2.58 bits per heavy atom. The molecule has 0 atom stereocenters. The largest absolute Gasteiger partial charge is 0.496 e. The molecule has 0 saturated heterocycles. The van der Waals surface area contributed by atoms with Gasteiger partial charge in [0, 0.05) is 22.6 Å². The number of hydrogen-bond acceptors (Lipinski definition) is 4. The second-order valence-corrected chi connectivity index (χ2v) is 6.54. The van der Waals surface area contributed by atoms with Gasteiger partial charge in [-0.05, 0) is 44.5 Å². The molecule has 4 nitrogen and oxygen atoms in total. The number of ketones is 2. The predicted molar refractivity (Wildman–Crippen MR) is 93.7 cm³/mol. The number of carbonyl (C=O) groups excluding carboxylic acids is 2. The van der Waals surface area contributed by atoms with Crippen LogP contribution in [0.2, 0.25) is 0 Å². The molecular formula is C18H20FNO3S. The molecule has 1 aromatic heterocycles. The SMILES string of the molecule is COc1ccc(F)cc1CSCC(=O)c1[nH]c(C)c(C(C)=O)c1C. The van der Waals surface area contributed by atoms with E-state index in [0.717, 1.165) is 0 Å². The van der Waals surface area contributed by atoms with Gasteiger partial charge in [-0.25, -0.2) is 4.39 Å². The van der Waals surface area contributed by atoms with Gasteiger partial charge >= 0.3 is 0 Å². The minimum Gasteiger partial charge on any atom is -0.496 e. The normalized spacial score (nSPS) is 10.7. The average Bonchev–Trinajstić information content (AvgIpc) is 2.82. The minimum atomic E-state index is -0.334. The van der Waals surface area contributed by atoms with Crippen molar-refractivity contribution >= 4 is 23.3 Å². The number of aromatic nitrogens is 1. The first-order valence-electron chi connectivity index (χ1n) is 7.48. The van der Waals surface area contributed by atoms with E-state index in [9.17, 15) is 14.0 Å². The molecule has 1 N–H and O–H groups in total. The van der Waals surface area contributed by atoms with Gasteiger partial charge in [0.2, 0.25) is 0 Å². The number of Topliss-reactive ketones (excluding diaryl/α,β-unsaturated/α-hetero) is 2. The molecule has 24 heavy (non-hydrogen) atoms. The van der Waals surface area contributed by atoms with Gasteiger partial charge in [-0.3, -0.25) is 9.59 Å². The second kappa shape index (κ2) is 7.66. The Morgan fingerprint density at radius 2 is 2.00 bits per heavy atom. The highest BCUT2D eigenvalue weighted by atomic mass is 32.2. The Kier molecular flexibility index (Phi) is 5.83. The fourth-order valence-electron chi connectivity index (χ4n) is 2.74. The molecule has 128 valence electrons. The van der Waals surface area contributed by atoms with Crippen molar-refractivity contribution in [2.45, 2.75) is 26.5 Å². The molecule has 2 aromatic rings. The van der Waals surface area contributed by atoms with Crippen molar-refractivity contribution < 1.29 is 18.7 Å². The van der Waals surface area contributed by atoms with Gasteiger partial charge in [-0.2, -0.15) is 0 Å². The van der Waals surface area contributed by atoms with Gasteiger partial charge in [0.15, 0.2) is 11.6 Å². The maximum absolute atomic E-state index is 13.3. The topological polar surface area (TPSA) is 59.2 Å². The number of nitrogens with one attached hydrogen (secondary N) is 1. The Hall–Kier alpha value is -2.08. The number of halogens is 1. The molecule has 0 spiro atoms. The third-order valence-corrected chi connectivity index (χ3v) is 4.78. The van der Waals surface area contributed by atoms with Gasteiger partial charge in [0.05, 0.1) is 18.6 Å². The van der Waals surface area contributed by atoms with E-state index in [1.807, 2.05) is 0 Å². The third-order valence-electron chi connectivity index (χ3n) is 3.80. The van der Waals surface area contributed by atoms with Crippen molar-refractivity contribution in [1.29, 1.82) is 0 Å². The van der Waals surface area contributed by atoms with E-state index >= 15 is 0 Å². The number of H-pyrrole nitrogens is 1. The maximum atomic E-state index is 13.3. The molecule has 2 rings (SSSR count). The van der Waals surface area contributed by atoms with Crippen LogP contribution < -0.4 is 4.74 Å². The van der Waals surface area contributed by atoms with Crippen LogP contribution in [0.4, 0.5) is 4.39 Å². The van der Waals surface area contributed by atoms with Crippen LogP contribution in [0, 0.1) is 19.7 Å². The highest BCUT2D eigenvalue weighted by Crippen LogP contribution is 2.25. The molecule has 0 aliphatic rings. The number of carbonyl (C=O) groups is 2. The summed E-state index contributed by atoms with van der Waals surface area (Å²) in [6.07, 6.45) is 0. The molecule has 0 aliphatic heterocycles. The van der Waals surface area contributed by atoms with Crippen LogP contribution >= 0.6 is 11.8 Å². The van der Waals surface area contributed by atoms with E-state index in [-0.39, 0.29) is 23.1 Å². The molecule has 1 aromatic carbocycles. The van der Waals surface area contributed by atoms with Crippen molar-refractivity contribution in [3.05, 3.63) is 52.1 Å². The molecule has 0 radical (unpaired) electrons. The molecule has 0 unspecified atom stereocenters. The van der Waals surface area contributed by atoms with Crippen molar-refractivity contribution in [2.75, 3.05) is 12.9 Å². The van der Waals surface area contributed by atoms with Gasteiger partial charge in [0.25, 0.3) is 0 Å². The van der Waals surface area contributed by atoms with E-state index in [1.165, 1.54) is 37.9 Å². The Labute approximate surface area is 144 Å². The van der Waals surface area contributed by atoms with E-state index in [1.54, 1.807) is 19.9 Å². The van der Waals surface area contributed by atoms with E-state index < -0.39 is 0 Å². The number of rotatable bonds is 7. The lowest BCUT2D eigenvalue weighted by Gasteiger charge is -2.08. The third kappa shape index (κ3) is 3.87. The lowest BCUT2D eigenvalue weighted by atomic mass is 10.1. The van der Waals surface area contributed by atoms with Gasteiger partial charge in [0.1, 0.15) is 11.6 Å². The molecule has 1 heterocycles.